The van der Waals surface area contributed by atoms with Crippen molar-refractivity contribution >= 4 is 58.5 Å². The van der Waals surface area contributed by atoms with Gasteiger partial charge in [-0.15, -0.1) is 0 Å². The maximum Gasteiger partial charge on any atom is 0.406 e. The van der Waals surface area contributed by atoms with Gasteiger partial charge in [-0.2, -0.15) is 18.4 Å². The van der Waals surface area contributed by atoms with Gasteiger partial charge >= 0.3 is 6.18 Å². The van der Waals surface area contributed by atoms with Crippen LogP contribution in [0.5, 0.6) is 0 Å². The van der Waals surface area contributed by atoms with Crippen molar-refractivity contribution in [1.82, 2.24) is 0 Å². The van der Waals surface area contributed by atoms with E-state index in [2.05, 4.69) is 20.9 Å². The molecule has 0 amide bonds. The highest BCUT2D eigenvalue weighted by Gasteiger charge is 2.62. The van der Waals surface area contributed by atoms with E-state index < -0.39 is 64.3 Å². The zero-order chi connectivity index (χ0) is 25.4. The topological polar surface area (TPSA) is 120 Å². The number of rotatable bonds is 3. The van der Waals surface area contributed by atoms with Gasteiger partial charge in [0, 0.05) is 10.0 Å². The van der Waals surface area contributed by atoms with Crippen molar-refractivity contribution in [1.29, 1.82) is 5.26 Å². The number of aliphatic imine (C=N–C) groups is 1. The molecule has 2 aromatic carbocycles. The fourth-order valence-electron chi connectivity index (χ4n) is 3.66. The normalized spacial score (nSPS) is 20.6. The summed E-state index contributed by atoms with van der Waals surface area (Å²) in [4.78, 5) is 17.4. The van der Waals surface area contributed by atoms with Gasteiger partial charge in [0.2, 0.25) is 5.96 Å². The van der Waals surface area contributed by atoms with E-state index in [9.17, 15) is 42.9 Å². The first-order chi connectivity index (χ1) is 15.6. The quantitative estimate of drug-likeness (QED) is 0.229. The lowest BCUT2D eigenvalue weighted by Crippen LogP contribution is -2.61. The molecule has 2 aliphatic rings. The van der Waals surface area contributed by atoms with Gasteiger partial charge in [0.15, 0.2) is 19.3 Å². The summed E-state index contributed by atoms with van der Waals surface area (Å²) in [6.07, 6.45) is -4.85. The largest absolute Gasteiger partial charge is 0.406 e. The summed E-state index contributed by atoms with van der Waals surface area (Å²) >= 11 is 9.04. The Labute approximate surface area is 202 Å². The molecule has 0 bridgehead atoms. The Bertz CT molecular complexity index is 1330. The van der Waals surface area contributed by atoms with E-state index >= 15 is 0 Å². The third-order valence-electron chi connectivity index (χ3n) is 5.11. The molecule has 8 nitrogen and oxygen atoms in total. The molecule has 2 radical (unpaired) electrons. The number of hydrogen-bond donors (Lipinski definition) is 3. The first-order valence-corrected chi connectivity index (χ1v) is 10.2. The van der Waals surface area contributed by atoms with Crippen LogP contribution in [0.4, 0.5) is 28.9 Å². The van der Waals surface area contributed by atoms with Gasteiger partial charge < -0.3 is 20.2 Å². The van der Waals surface area contributed by atoms with E-state index in [1.807, 2.05) is 0 Å². The van der Waals surface area contributed by atoms with Gasteiger partial charge in [-0.1, -0.05) is 11.6 Å². The number of aliphatic hydroxyl groups is 3. The number of hydrogen-bond acceptors (Lipinski definition) is 8. The van der Waals surface area contributed by atoms with E-state index in [-0.39, 0.29) is 15.1 Å². The molecule has 2 aliphatic heterocycles. The van der Waals surface area contributed by atoms with Crippen molar-refractivity contribution in [2.75, 3.05) is 16.3 Å². The Balaban J connectivity index is 2.02. The molecule has 0 aromatic heterocycles. The number of anilines is 2. The molecule has 2 aromatic rings. The predicted molar refractivity (Wildman–Crippen MR) is 115 cm³/mol. The van der Waals surface area contributed by atoms with Crippen LogP contribution in [-0.2, 0) is 0 Å². The maximum atomic E-state index is 13.8. The van der Waals surface area contributed by atoms with Gasteiger partial charge in [-0.3, -0.25) is 9.69 Å². The highest BCUT2D eigenvalue weighted by molar-refractivity contribution is 9.10. The molecule has 0 saturated carbocycles. The van der Waals surface area contributed by atoms with Crippen molar-refractivity contribution in [3.8, 4) is 6.07 Å². The number of nitrogens with zero attached hydrogens (tertiary/aromatic N) is 4. The zero-order valence-corrected chi connectivity index (χ0v) is 18.7. The summed E-state index contributed by atoms with van der Waals surface area (Å²) in [7, 11) is 5.38. The monoisotopic (exact) mass is 558 g/mol. The number of carbonyl (C=O) groups is 1. The number of alkyl halides is 3. The van der Waals surface area contributed by atoms with Crippen LogP contribution in [0.2, 0.25) is 5.02 Å². The Hall–Kier alpha value is -2.70. The summed E-state index contributed by atoms with van der Waals surface area (Å²) in [6, 6.07) is 5.53. The van der Waals surface area contributed by atoms with Crippen molar-refractivity contribution in [2.24, 2.45) is 4.99 Å². The number of halogens is 6. The van der Waals surface area contributed by atoms with Crippen molar-refractivity contribution in [2.45, 2.75) is 17.7 Å². The smallest absolute Gasteiger partial charge is 0.371 e. The Morgan fingerprint density at radius 2 is 1.94 bits per heavy atom. The number of ketones is 1. The molecule has 3 N–H and O–H groups in total. The average Bonchev–Trinajstić information content (AvgIpc) is 3.09. The molecular weight excluding hydrogens is 550 g/mol. The van der Waals surface area contributed by atoms with Crippen LogP contribution in [-0.4, -0.2) is 59.2 Å². The molecule has 0 aliphatic carbocycles. The second-order valence-corrected chi connectivity index (χ2v) is 8.61. The highest BCUT2D eigenvalue weighted by atomic mass is 79.9. The number of fused-ring (bicyclic) bond motifs is 3. The van der Waals surface area contributed by atoms with Crippen LogP contribution in [0, 0.1) is 17.1 Å². The van der Waals surface area contributed by atoms with Crippen LogP contribution in [0.25, 0.3) is 0 Å². The molecule has 0 saturated heterocycles. The van der Waals surface area contributed by atoms with Gasteiger partial charge in [0.25, 0.3) is 5.91 Å². The summed E-state index contributed by atoms with van der Waals surface area (Å²) in [5.41, 5.74) is -5.67. The summed E-state index contributed by atoms with van der Waals surface area (Å²) in [5.74, 6) is -6.16. The molecule has 1 unspecified atom stereocenters. The van der Waals surface area contributed by atoms with E-state index in [1.165, 1.54) is 0 Å². The number of nitriles is 1. The summed E-state index contributed by atoms with van der Waals surface area (Å²) in [6.45, 7) is -1.72. The first kappa shape index (κ1) is 24.4. The predicted octanol–water partition coefficient (Wildman–Crippen LogP) is 2.36. The molecule has 34 heavy (non-hydrogen) atoms. The Kier molecular flexibility index (Phi) is 5.50. The molecule has 15 heteroatoms. The number of guanidine groups is 1. The van der Waals surface area contributed by atoms with E-state index in [4.69, 9.17) is 19.4 Å². The van der Waals surface area contributed by atoms with E-state index in [1.54, 1.807) is 6.07 Å². The zero-order valence-electron chi connectivity index (χ0n) is 16.4. The maximum absolute atomic E-state index is 13.8. The summed E-state index contributed by atoms with van der Waals surface area (Å²) in [5, 5.41) is 40.8. The minimum absolute atomic E-state index is 0.174. The van der Waals surface area contributed by atoms with Gasteiger partial charge in [0.1, 0.15) is 18.4 Å². The molecule has 0 fully saturated rings. The van der Waals surface area contributed by atoms with Crippen LogP contribution in [0.3, 0.4) is 0 Å². The molecule has 4 rings (SSSR count). The number of carbonyl (C=O) groups excluding carboxylic acids is 1. The number of benzene rings is 2. The van der Waals surface area contributed by atoms with Crippen molar-refractivity contribution in [3.63, 3.8) is 0 Å². The first-order valence-electron chi connectivity index (χ1n) is 9.07. The average molecular weight is 559 g/mol. The molecule has 1 atom stereocenters. The highest BCUT2D eigenvalue weighted by Crippen LogP contribution is 2.51. The minimum atomic E-state index is -4.85. The van der Waals surface area contributed by atoms with Crippen molar-refractivity contribution < 1.29 is 37.7 Å². The molecule has 2 heterocycles. The van der Waals surface area contributed by atoms with Crippen LogP contribution < -0.4 is 9.80 Å². The second kappa shape index (κ2) is 7.66. The molecule has 174 valence electrons. The van der Waals surface area contributed by atoms with Gasteiger partial charge in [-0.05, 0) is 40.2 Å². The van der Waals surface area contributed by atoms with E-state index in [0.717, 1.165) is 24.3 Å². The fraction of sp³-hybridized carbons (Fsp3) is 0.211. The third kappa shape index (κ3) is 3.55. The van der Waals surface area contributed by atoms with Crippen LogP contribution in [0.15, 0.2) is 33.7 Å². The Morgan fingerprint density at radius 3 is 2.53 bits per heavy atom. The molecule has 0 spiro atoms. The second-order valence-electron chi connectivity index (χ2n) is 7.35. The molecular formula is C19H9BBrClF4N4O4. The van der Waals surface area contributed by atoms with E-state index in [0.29, 0.717) is 9.80 Å². The third-order valence-corrected chi connectivity index (χ3v) is 6.07. The SMILES string of the molecule is [B]C1(O)N=C2N(CC(F)(F)F)c3cc(Br)c(C(=O)c4cc(F)ccc4Cl)c(C#N)c3N2C1(O)O. The van der Waals surface area contributed by atoms with Gasteiger partial charge in [-0.25, -0.2) is 9.38 Å². The lowest BCUT2D eigenvalue weighted by molar-refractivity contribution is -0.224. The lowest BCUT2D eigenvalue weighted by Gasteiger charge is -2.34. The van der Waals surface area contributed by atoms with Crippen LogP contribution in [0.1, 0.15) is 21.5 Å². The fourth-order valence-corrected chi connectivity index (χ4v) is 4.46. The Morgan fingerprint density at radius 1 is 1.29 bits per heavy atom. The van der Waals surface area contributed by atoms with Crippen LogP contribution >= 0.6 is 27.5 Å². The minimum Gasteiger partial charge on any atom is -0.371 e. The lowest BCUT2D eigenvalue weighted by atomic mass is 9.87. The standard InChI is InChI=1S/C19H9BBrClF4N4O4/c20-18(32)19(33,34)30-14-9(5-27)13(15(31)8-3-7(23)1-2-11(8)22)10(21)4-12(14)29(16(30)28-18)6-17(24,25)26/h1-4,32-34H,6H2. The van der Waals surface area contributed by atoms with Gasteiger partial charge in [0.05, 0.1) is 27.5 Å². The van der Waals surface area contributed by atoms with Crippen molar-refractivity contribution in [3.05, 3.63) is 56.3 Å². The summed E-state index contributed by atoms with van der Waals surface area (Å²) < 4.78 is 53.6.